The van der Waals surface area contributed by atoms with Crippen molar-refractivity contribution in [1.82, 2.24) is 15.0 Å². The van der Waals surface area contributed by atoms with E-state index >= 15 is 0 Å². The number of hydrogen-bond donors (Lipinski definition) is 2. The molecular formula is C35H53N5O2. The summed E-state index contributed by atoms with van der Waals surface area (Å²) in [5.74, 6) is 0.508. The number of ether oxygens (including phenoxy) is 1. The molecule has 0 unspecified atom stereocenters. The zero-order chi connectivity index (χ0) is 30.4. The molecule has 7 heteroatoms. The number of fused-ring (bicyclic) bond motifs is 1. The summed E-state index contributed by atoms with van der Waals surface area (Å²) >= 11 is 0. The summed E-state index contributed by atoms with van der Waals surface area (Å²) in [4.78, 5) is 27.9. The van der Waals surface area contributed by atoms with Gasteiger partial charge < -0.3 is 15.0 Å². The second-order valence-electron chi connectivity index (χ2n) is 10.6. The number of H-pyrrole nitrogens is 1. The van der Waals surface area contributed by atoms with Crippen LogP contribution in [-0.4, -0.2) is 40.2 Å². The fraction of sp³-hybridized carbons (Fsp3) is 0.543. The lowest BCUT2D eigenvalue weighted by Gasteiger charge is -2.08. The molecule has 1 aliphatic carbocycles. The van der Waals surface area contributed by atoms with E-state index in [1.54, 1.807) is 13.1 Å². The topological polar surface area (TPSA) is 92.3 Å². The average Bonchev–Trinajstić information content (AvgIpc) is 3.48. The van der Waals surface area contributed by atoms with E-state index in [4.69, 9.17) is 4.74 Å². The minimum atomic E-state index is 0.0123. The number of ketones is 1. The summed E-state index contributed by atoms with van der Waals surface area (Å²) in [6, 6.07) is 9.49. The second-order valence-corrected chi connectivity index (χ2v) is 10.6. The number of hydrogen-bond acceptors (Lipinski definition) is 6. The van der Waals surface area contributed by atoms with Gasteiger partial charge in [-0.15, -0.1) is 0 Å². The fourth-order valence-corrected chi connectivity index (χ4v) is 4.32. The largest absolute Gasteiger partial charge is 0.381 e. The first-order valence-corrected chi connectivity index (χ1v) is 16.0. The Bertz CT molecular complexity index is 1190. The van der Waals surface area contributed by atoms with Gasteiger partial charge in [-0.05, 0) is 62.9 Å². The van der Waals surface area contributed by atoms with Gasteiger partial charge in [0.15, 0.2) is 5.78 Å². The highest BCUT2D eigenvalue weighted by Crippen LogP contribution is 2.23. The first-order chi connectivity index (χ1) is 20.5. The first kappa shape index (κ1) is 34.9. The van der Waals surface area contributed by atoms with Crippen LogP contribution in [0.2, 0.25) is 0 Å². The van der Waals surface area contributed by atoms with Crippen molar-refractivity contribution >= 4 is 40.2 Å². The third-order valence-electron chi connectivity index (χ3n) is 6.94. The summed E-state index contributed by atoms with van der Waals surface area (Å²) in [5, 5.41) is 4.17. The summed E-state index contributed by atoms with van der Waals surface area (Å²) in [7, 11) is 0. The lowest BCUT2D eigenvalue weighted by Crippen LogP contribution is -2.03. The van der Waals surface area contributed by atoms with Crippen LogP contribution < -0.4 is 5.32 Å². The maximum atomic E-state index is 11.5. The molecule has 1 saturated carbocycles. The van der Waals surface area contributed by atoms with Crippen molar-refractivity contribution in [2.75, 3.05) is 18.5 Å². The molecule has 1 saturated heterocycles. The third-order valence-corrected chi connectivity index (χ3v) is 6.94. The standard InChI is InChI=1S/C20H21N5O.C6H12.C5H10O.C4H10/c1-4-9-21-16(5-2)18-8-10-22-20(25-18)23-15-6-7-17-14(11-15)12-19(24-17)13(3)26;2*1-2-4-6-5-3-1;1-3-4-2/h5-12,24H,4H2,1-3H3,(H,22,23,25);1-6H2;1-5H2;3-4H2,1-2H3/b16-5-,21-9?;;;. The Labute approximate surface area is 253 Å². The molecule has 0 bridgehead atoms. The lowest BCUT2D eigenvalue weighted by atomic mass is 10.0. The van der Waals surface area contributed by atoms with Crippen LogP contribution in [0.15, 0.2) is 47.6 Å². The number of unbranched alkanes of at least 4 members (excludes halogenated alkanes) is 1. The van der Waals surface area contributed by atoms with Gasteiger partial charge in [0, 0.05) is 49.1 Å². The van der Waals surface area contributed by atoms with Crippen LogP contribution in [0.3, 0.4) is 0 Å². The number of aliphatic imine (C=N–C) groups is 1. The molecular weight excluding hydrogens is 522 g/mol. The Kier molecular flexibility index (Phi) is 17.8. The molecule has 2 aromatic heterocycles. The van der Waals surface area contributed by atoms with Gasteiger partial charge in [0.05, 0.1) is 17.1 Å². The number of nitrogens with one attached hydrogen (secondary N) is 2. The van der Waals surface area contributed by atoms with Crippen molar-refractivity contribution in [3.05, 3.63) is 54.0 Å². The summed E-state index contributed by atoms with van der Waals surface area (Å²) in [5.41, 5.74) is 3.94. The van der Waals surface area contributed by atoms with Gasteiger partial charge in [-0.25, -0.2) is 9.97 Å². The monoisotopic (exact) mass is 575 g/mol. The van der Waals surface area contributed by atoms with Crippen molar-refractivity contribution < 1.29 is 9.53 Å². The van der Waals surface area contributed by atoms with E-state index < -0.39 is 0 Å². The van der Waals surface area contributed by atoms with Crippen LogP contribution in [0.4, 0.5) is 11.6 Å². The molecule has 5 rings (SSSR count). The minimum Gasteiger partial charge on any atom is -0.381 e. The number of rotatable bonds is 7. The molecule has 230 valence electrons. The maximum absolute atomic E-state index is 11.5. The molecule has 0 radical (unpaired) electrons. The third kappa shape index (κ3) is 13.6. The number of nitrogens with zero attached hydrogens (tertiary/aromatic N) is 3. The highest BCUT2D eigenvalue weighted by Gasteiger charge is 2.07. The van der Waals surface area contributed by atoms with Crippen LogP contribution >= 0.6 is 0 Å². The van der Waals surface area contributed by atoms with Crippen molar-refractivity contribution in [3.63, 3.8) is 0 Å². The first-order valence-electron chi connectivity index (χ1n) is 16.0. The van der Waals surface area contributed by atoms with Gasteiger partial charge in [0.2, 0.25) is 5.95 Å². The molecule has 2 aliphatic rings. The smallest absolute Gasteiger partial charge is 0.227 e. The summed E-state index contributed by atoms with van der Waals surface area (Å²) in [6.07, 6.45) is 21.9. The molecule has 0 amide bonds. The Morgan fingerprint density at radius 1 is 0.952 bits per heavy atom. The number of carbonyl (C=O) groups excluding carboxylic acids is 1. The number of benzene rings is 1. The maximum Gasteiger partial charge on any atom is 0.227 e. The van der Waals surface area contributed by atoms with Crippen molar-refractivity contribution in [3.8, 4) is 0 Å². The quantitative estimate of drug-likeness (QED) is 0.216. The van der Waals surface area contributed by atoms with Crippen molar-refractivity contribution in [1.29, 1.82) is 0 Å². The van der Waals surface area contributed by atoms with Gasteiger partial charge >= 0.3 is 0 Å². The number of carbonyl (C=O) groups is 1. The molecule has 0 spiro atoms. The Morgan fingerprint density at radius 3 is 2.10 bits per heavy atom. The van der Waals surface area contributed by atoms with Gasteiger partial charge in [0.25, 0.3) is 0 Å². The fourth-order valence-electron chi connectivity index (χ4n) is 4.32. The second kappa shape index (κ2) is 21.4. The van der Waals surface area contributed by atoms with Gasteiger partial charge in [0.1, 0.15) is 0 Å². The Balaban J connectivity index is 0.000000310. The van der Waals surface area contributed by atoms with Crippen LogP contribution in [-0.2, 0) is 4.74 Å². The molecule has 1 aromatic carbocycles. The minimum absolute atomic E-state index is 0.0123. The zero-order valence-corrected chi connectivity index (χ0v) is 26.7. The van der Waals surface area contributed by atoms with Gasteiger partial charge in [-0.3, -0.25) is 9.79 Å². The van der Waals surface area contributed by atoms with E-state index in [0.29, 0.717) is 11.6 Å². The van der Waals surface area contributed by atoms with E-state index in [0.717, 1.165) is 47.6 Å². The number of Topliss-reactive ketones (excluding diaryl/α,β-unsaturated/α-hetero) is 1. The highest BCUT2D eigenvalue weighted by molar-refractivity contribution is 5.98. The SMILES string of the molecule is C/C=C(\N=CCC)c1ccnc(Nc2ccc3[nH]c(C(C)=O)cc3c2)n1.C1CCCCC1.C1CCOCC1.CCCC. The predicted octanol–water partition coefficient (Wildman–Crippen LogP) is 10.1. The average molecular weight is 576 g/mol. The molecule has 0 atom stereocenters. The molecule has 2 N–H and O–H groups in total. The highest BCUT2D eigenvalue weighted by atomic mass is 16.5. The van der Waals surface area contributed by atoms with E-state index in [9.17, 15) is 4.79 Å². The predicted molar refractivity (Wildman–Crippen MR) is 179 cm³/mol. The van der Waals surface area contributed by atoms with E-state index in [-0.39, 0.29) is 5.78 Å². The number of aromatic nitrogens is 3. The molecule has 1 aliphatic heterocycles. The Hall–Kier alpha value is -3.32. The molecule has 3 aromatic rings. The van der Waals surface area contributed by atoms with E-state index in [1.165, 1.54) is 70.6 Å². The normalized spacial score (nSPS) is 15.0. The van der Waals surface area contributed by atoms with Crippen LogP contribution in [0.1, 0.15) is 128 Å². The van der Waals surface area contributed by atoms with Crippen LogP contribution in [0, 0.1) is 0 Å². The van der Waals surface area contributed by atoms with Crippen LogP contribution in [0.25, 0.3) is 16.6 Å². The van der Waals surface area contributed by atoms with E-state index in [1.807, 2.05) is 56.5 Å². The molecule has 2 fully saturated rings. The molecule has 7 nitrogen and oxygen atoms in total. The van der Waals surface area contributed by atoms with Gasteiger partial charge in [-0.1, -0.05) is 78.2 Å². The lowest BCUT2D eigenvalue weighted by molar-refractivity contribution is 0.0968. The Morgan fingerprint density at radius 2 is 1.60 bits per heavy atom. The molecule has 3 heterocycles. The number of anilines is 2. The van der Waals surface area contributed by atoms with Crippen LogP contribution in [0.5, 0.6) is 0 Å². The number of aromatic amines is 1. The zero-order valence-electron chi connectivity index (χ0n) is 26.7. The summed E-state index contributed by atoms with van der Waals surface area (Å²) in [6.45, 7) is 11.9. The van der Waals surface area contributed by atoms with Crippen molar-refractivity contribution in [2.24, 2.45) is 4.99 Å². The number of allylic oxidation sites excluding steroid dienone is 1. The summed E-state index contributed by atoms with van der Waals surface area (Å²) < 4.78 is 5.07. The van der Waals surface area contributed by atoms with Gasteiger partial charge in [-0.2, -0.15) is 0 Å². The molecule has 42 heavy (non-hydrogen) atoms. The van der Waals surface area contributed by atoms with E-state index in [2.05, 4.69) is 39.1 Å². The van der Waals surface area contributed by atoms with Crippen molar-refractivity contribution in [2.45, 2.75) is 112 Å².